The molecule has 0 rings (SSSR count). The lowest BCUT2D eigenvalue weighted by Crippen LogP contribution is -2.07. The molecule has 0 atom stereocenters. The third kappa shape index (κ3) is 6.35. The SMILES string of the molecule is C=C/C(=C\C=C(/C)CC)CCNC. The van der Waals surface area contributed by atoms with Gasteiger partial charge in [-0.3, -0.25) is 0 Å². The van der Waals surface area contributed by atoms with Gasteiger partial charge in [-0.15, -0.1) is 0 Å². The van der Waals surface area contributed by atoms with Crippen LogP contribution in [0.3, 0.4) is 0 Å². The molecule has 0 radical (unpaired) electrons. The molecule has 0 heterocycles. The molecule has 0 aromatic carbocycles. The number of nitrogens with one attached hydrogen (secondary N) is 1. The molecule has 1 heteroatoms. The van der Waals surface area contributed by atoms with Crippen LogP contribution in [0.25, 0.3) is 0 Å². The van der Waals surface area contributed by atoms with Crippen LogP contribution in [0.1, 0.15) is 26.7 Å². The van der Waals surface area contributed by atoms with Gasteiger partial charge in [0.25, 0.3) is 0 Å². The van der Waals surface area contributed by atoms with Gasteiger partial charge in [0.05, 0.1) is 0 Å². The molecule has 0 aliphatic heterocycles. The third-order valence-corrected chi connectivity index (χ3v) is 2.07. The van der Waals surface area contributed by atoms with Crippen LogP contribution in [0.4, 0.5) is 0 Å². The highest BCUT2D eigenvalue weighted by atomic mass is 14.8. The summed E-state index contributed by atoms with van der Waals surface area (Å²) in [5, 5.41) is 3.12. The van der Waals surface area contributed by atoms with Gasteiger partial charge in [-0.05, 0) is 38.9 Å². The van der Waals surface area contributed by atoms with Crippen molar-refractivity contribution in [3.05, 3.63) is 36.0 Å². The second-order valence-electron chi connectivity index (χ2n) is 3.17. The summed E-state index contributed by atoms with van der Waals surface area (Å²) in [5.74, 6) is 0. The average Bonchev–Trinajstić information content (AvgIpc) is 2.17. The molecule has 1 N–H and O–H groups in total. The van der Waals surface area contributed by atoms with Crippen molar-refractivity contribution < 1.29 is 0 Å². The predicted molar refractivity (Wildman–Crippen MR) is 60.9 cm³/mol. The smallest absolute Gasteiger partial charge is 0.00114 e. The van der Waals surface area contributed by atoms with E-state index >= 15 is 0 Å². The summed E-state index contributed by atoms with van der Waals surface area (Å²) in [4.78, 5) is 0. The van der Waals surface area contributed by atoms with Crippen LogP contribution in [0, 0.1) is 0 Å². The molecular weight excluding hydrogens is 158 g/mol. The Kier molecular flexibility index (Phi) is 7.32. The van der Waals surface area contributed by atoms with E-state index in [0.717, 1.165) is 19.4 Å². The van der Waals surface area contributed by atoms with Crippen LogP contribution in [-0.4, -0.2) is 13.6 Å². The Labute approximate surface area is 82.2 Å². The molecule has 0 fully saturated rings. The minimum Gasteiger partial charge on any atom is -0.319 e. The number of hydrogen-bond acceptors (Lipinski definition) is 1. The van der Waals surface area contributed by atoms with Crippen LogP contribution >= 0.6 is 0 Å². The number of rotatable bonds is 6. The molecule has 0 bridgehead atoms. The zero-order valence-corrected chi connectivity index (χ0v) is 9.06. The van der Waals surface area contributed by atoms with Crippen LogP contribution in [-0.2, 0) is 0 Å². The van der Waals surface area contributed by atoms with E-state index in [9.17, 15) is 0 Å². The van der Waals surface area contributed by atoms with Crippen LogP contribution < -0.4 is 5.32 Å². The molecular formula is C12H21N. The van der Waals surface area contributed by atoms with Gasteiger partial charge in [0, 0.05) is 0 Å². The molecule has 0 unspecified atom stereocenters. The Hall–Kier alpha value is -0.820. The van der Waals surface area contributed by atoms with E-state index in [1.54, 1.807) is 0 Å². The van der Waals surface area contributed by atoms with E-state index in [1.165, 1.54) is 11.1 Å². The van der Waals surface area contributed by atoms with E-state index < -0.39 is 0 Å². The number of hydrogen-bond donors (Lipinski definition) is 1. The maximum Gasteiger partial charge on any atom is -0.00114 e. The Balaban J connectivity index is 4.13. The fraction of sp³-hybridized carbons (Fsp3) is 0.500. The maximum absolute atomic E-state index is 3.79. The summed E-state index contributed by atoms with van der Waals surface area (Å²) in [5.41, 5.74) is 2.70. The second-order valence-corrected chi connectivity index (χ2v) is 3.17. The summed E-state index contributed by atoms with van der Waals surface area (Å²) < 4.78 is 0. The van der Waals surface area contributed by atoms with E-state index in [2.05, 4.69) is 37.9 Å². The molecule has 1 nitrogen and oxygen atoms in total. The summed E-state index contributed by atoms with van der Waals surface area (Å²) in [6.45, 7) is 9.12. The highest BCUT2D eigenvalue weighted by molar-refractivity contribution is 5.24. The molecule has 0 saturated heterocycles. The minimum atomic E-state index is 1.01. The van der Waals surface area contributed by atoms with Gasteiger partial charge in [-0.25, -0.2) is 0 Å². The highest BCUT2D eigenvalue weighted by Crippen LogP contribution is 2.05. The van der Waals surface area contributed by atoms with Crippen molar-refractivity contribution in [1.82, 2.24) is 5.32 Å². The van der Waals surface area contributed by atoms with Crippen molar-refractivity contribution in [3.63, 3.8) is 0 Å². The molecule has 0 aromatic heterocycles. The monoisotopic (exact) mass is 179 g/mol. The Morgan fingerprint density at radius 2 is 2.08 bits per heavy atom. The normalized spacial score (nSPS) is 13.2. The summed E-state index contributed by atoms with van der Waals surface area (Å²) >= 11 is 0. The fourth-order valence-corrected chi connectivity index (χ4v) is 0.890. The van der Waals surface area contributed by atoms with E-state index in [1.807, 2.05) is 13.1 Å². The zero-order chi connectivity index (χ0) is 10.1. The number of allylic oxidation sites excluding steroid dienone is 4. The maximum atomic E-state index is 3.79. The minimum absolute atomic E-state index is 1.01. The van der Waals surface area contributed by atoms with Gasteiger partial charge in [-0.1, -0.05) is 37.3 Å². The Morgan fingerprint density at radius 3 is 2.54 bits per heavy atom. The molecule has 0 amide bonds. The molecule has 13 heavy (non-hydrogen) atoms. The first kappa shape index (κ1) is 12.2. The van der Waals surface area contributed by atoms with Crippen molar-refractivity contribution in [2.24, 2.45) is 0 Å². The molecule has 74 valence electrons. The lowest BCUT2D eigenvalue weighted by Gasteiger charge is -1.99. The molecule has 0 aliphatic rings. The van der Waals surface area contributed by atoms with Crippen molar-refractivity contribution in [2.75, 3.05) is 13.6 Å². The summed E-state index contributed by atoms with van der Waals surface area (Å²) in [6.07, 6.45) is 8.42. The predicted octanol–water partition coefficient (Wildman–Crippen LogP) is 3.06. The second kappa shape index (κ2) is 7.81. The van der Waals surface area contributed by atoms with Gasteiger partial charge in [0.1, 0.15) is 0 Å². The van der Waals surface area contributed by atoms with Crippen LogP contribution in [0.15, 0.2) is 36.0 Å². The molecule has 0 aromatic rings. The zero-order valence-electron chi connectivity index (χ0n) is 9.06. The molecule has 0 spiro atoms. The average molecular weight is 179 g/mol. The molecule has 0 saturated carbocycles. The van der Waals surface area contributed by atoms with Crippen molar-refractivity contribution >= 4 is 0 Å². The first-order valence-corrected chi connectivity index (χ1v) is 4.88. The molecule has 0 aliphatic carbocycles. The first-order chi connectivity index (χ1) is 6.24. The van der Waals surface area contributed by atoms with Gasteiger partial charge in [0.2, 0.25) is 0 Å². The quantitative estimate of drug-likeness (QED) is 0.618. The van der Waals surface area contributed by atoms with Crippen LogP contribution in [0.5, 0.6) is 0 Å². The highest BCUT2D eigenvalue weighted by Gasteiger charge is 1.89. The van der Waals surface area contributed by atoms with Gasteiger partial charge in [-0.2, -0.15) is 0 Å². The van der Waals surface area contributed by atoms with E-state index in [4.69, 9.17) is 0 Å². The lowest BCUT2D eigenvalue weighted by atomic mass is 10.1. The van der Waals surface area contributed by atoms with Gasteiger partial charge in [0.15, 0.2) is 0 Å². The summed E-state index contributed by atoms with van der Waals surface area (Å²) in [6, 6.07) is 0. The van der Waals surface area contributed by atoms with Crippen molar-refractivity contribution in [2.45, 2.75) is 26.7 Å². The standard InChI is InChI=1S/C12H21N/c1-5-11(3)7-8-12(6-2)9-10-13-4/h6-8,13H,2,5,9-10H2,1,3-4H3/b11-7+,12-8+. The fourth-order valence-electron chi connectivity index (χ4n) is 0.890. The third-order valence-electron chi connectivity index (χ3n) is 2.07. The largest absolute Gasteiger partial charge is 0.319 e. The lowest BCUT2D eigenvalue weighted by molar-refractivity contribution is 0.794. The van der Waals surface area contributed by atoms with E-state index in [-0.39, 0.29) is 0 Å². The van der Waals surface area contributed by atoms with Gasteiger partial charge >= 0.3 is 0 Å². The first-order valence-electron chi connectivity index (χ1n) is 4.88. The van der Waals surface area contributed by atoms with Gasteiger partial charge < -0.3 is 5.32 Å². The topological polar surface area (TPSA) is 12.0 Å². The summed E-state index contributed by atoms with van der Waals surface area (Å²) in [7, 11) is 1.97. The van der Waals surface area contributed by atoms with E-state index in [0.29, 0.717) is 0 Å². The van der Waals surface area contributed by atoms with Crippen molar-refractivity contribution in [3.8, 4) is 0 Å². The van der Waals surface area contributed by atoms with Crippen LogP contribution in [0.2, 0.25) is 0 Å². The van der Waals surface area contributed by atoms with Crippen molar-refractivity contribution in [1.29, 1.82) is 0 Å². The Morgan fingerprint density at radius 1 is 1.38 bits per heavy atom. The Bertz CT molecular complexity index is 199.